The molecule has 0 saturated heterocycles. The summed E-state index contributed by atoms with van der Waals surface area (Å²) < 4.78 is 5.63. The Kier molecular flexibility index (Phi) is 4.25. The largest absolute Gasteiger partial charge is 0.479 e. The summed E-state index contributed by atoms with van der Waals surface area (Å²) in [5.41, 5.74) is 3.37. The molecule has 0 saturated carbocycles. The number of anilines is 2. The van der Waals surface area contributed by atoms with Crippen LogP contribution < -0.4 is 15.0 Å². The molecule has 0 bridgehead atoms. The van der Waals surface area contributed by atoms with Crippen molar-refractivity contribution in [3.8, 4) is 5.75 Å². The molecular weight excluding hydrogens is 304 g/mol. The van der Waals surface area contributed by atoms with Gasteiger partial charge in [-0.15, -0.1) is 0 Å². The molecule has 0 aromatic heterocycles. The minimum atomic E-state index is -0.605. The number of benzene rings is 2. The van der Waals surface area contributed by atoms with Crippen LogP contribution in [0.4, 0.5) is 11.4 Å². The van der Waals surface area contributed by atoms with E-state index in [0.717, 1.165) is 16.8 Å². The number of carbonyl (C=O) groups excluding carboxylic acids is 2. The van der Waals surface area contributed by atoms with Gasteiger partial charge in [-0.1, -0.05) is 24.3 Å². The Morgan fingerprint density at radius 2 is 1.96 bits per heavy atom. The van der Waals surface area contributed by atoms with Crippen LogP contribution in [-0.4, -0.2) is 24.5 Å². The molecule has 2 amide bonds. The highest BCUT2D eigenvalue weighted by Crippen LogP contribution is 2.34. The monoisotopic (exact) mass is 324 g/mol. The zero-order chi connectivity index (χ0) is 17.3. The first-order valence-electron chi connectivity index (χ1n) is 7.90. The normalized spacial score (nSPS) is 16.4. The number of nitrogens with zero attached hydrogens (tertiary/aromatic N) is 1. The van der Waals surface area contributed by atoms with Gasteiger partial charge in [-0.25, -0.2) is 0 Å². The van der Waals surface area contributed by atoms with Gasteiger partial charge in [-0.05, 0) is 50.1 Å². The smallest absolute Gasteiger partial charge is 0.268 e. The van der Waals surface area contributed by atoms with Crippen LogP contribution in [0.25, 0.3) is 0 Å². The number of ether oxygens (including phenoxy) is 1. The van der Waals surface area contributed by atoms with Crippen molar-refractivity contribution in [2.45, 2.75) is 26.9 Å². The van der Waals surface area contributed by atoms with Crippen LogP contribution in [0.5, 0.6) is 5.75 Å². The summed E-state index contributed by atoms with van der Waals surface area (Å²) in [6.45, 7) is 5.51. The predicted molar refractivity (Wildman–Crippen MR) is 93.4 cm³/mol. The SMILES string of the molecule is Cc1ccc2c(c1)N(CC(=O)Nc1ccccc1C)C(=O)[C@H](C)O2. The van der Waals surface area contributed by atoms with Crippen molar-refractivity contribution in [2.24, 2.45) is 0 Å². The molecular formula is C19H20N2O3. The summed E-state index contributed by atoms with van der Waals surface area (Å²) in [4.78, 5) is 26.4. The quantitative estimate of drug-likeness (QED) is 0.944. The van der Waals surface area contributed by atoms with Gasteiger partial charge in [0.15, 0.2) is 6.10 Å². The van der Waals surface area contributed by atoms with Gasteiger partial charge in [0.05, 0.1) is 5.69 Å². The fourth-order valence-corrected chi connectivity index (χ4v) is 2.73. The predicted octanol–water partition coefficient (Wildman–Crippen LogP) is 3.06. The second-order valence-electron chi connectivity index (χ2n) is 6.02. The van der Waals surface area contributed by atoms with Crippen LogP contribution in [0.3, 0.4) is 0 Å². The van der Waals surface area contributed by atoms with Crippen LogP contribution in [0.1, 0.15) is 18.1 Å². The summed E-state index contributed by atoms with van der Waals surface area (Å²) in [5.74, 6) is 0.170. The lowest BCUT2D eigenvalue weighted by molar-refractivity contribution is -0.127. The molecule has 5 nitrogen and oxygen atoms in total. The molecule has 0 aliphatic carbocycles. The summed E-state index contributed by atoms with van der Waals surface area (Å²) >= 11 is 0. The fraction of sp³-hybridized carbons (Fsp3) is 0.263. The Morgan fingerprint density at radius 3 is 2.71 bits per heavy atom. The fourth-order valence-electron chi connectivity index (χ4n) is 2.73. The van der Waals surface area contributed by atoms with Crippen molar-refractivity contribution >= 4 is 23.2 Å². The summed E-state index contributed by atoms with van der Waals surface area (Å²) in [7, 11) is 0. The molecule has 0 unspecified atom stereocenters. The molecule has 1 aliphatic rings. The molecule has 1 heterocycles. The average Bonchev–Trinajstić information content (AvgIpc) is 2.55. The molecule has 124 valence electrons. The van der Waals surface area contributed by atoms with E-state index in [4.69, 9.17) is 4.74 Å². The zero-order valence-corrected chi connectivity index (χ0v) is 14.0. The molecule has 24 heavy (non-hydrogen) atoms. The molecule has 2 aromatic carbocycles. The minimum absolute atomic E-state index is 0.0443. The number of hydrogen-bond donors (Lipinski definition) is 1. The maximum absolute atomic E-state index is 12.5. The molecule has 2 aromatic rings. The first-order chi connectivity index (χ1) is 11.5. The lowest BCUT2D eigenvalue weighted by Crippen LogP contribution is -2.47. The Bertz CT molecular complexity index is 801. The first kappa shape index (κ1) is 16.1. The van der Waals surface area contributed by atoms with E-state index in [-0.39, 0.29) is 18.4 Å². The van der Waals surface area contributed by atoms with Crippen LogP contribution >= 0.6 is 0 Å². The van der Waals surface area contributed by atoms with Gasteiger partial charge in [0, 0.05) is 5.69 Å². The molecule has 0 fully saturated rings. The first-order valence-corrected chi connectivity index (χ1v) is 7.90. The van der Waals surface area contributed by atoms with Crippen molar-refractivity contribution in [1.82, 2.24) is 0 Å². The highest BCUT2D eigenvalue weighted by molar-refractivity contribution is 6.06. The third kappa shape index (κ3) is 3.11. The van der Waals surface area contributed by atoms with Crippen molar-refractivity contribution in [2.75, 3.05) is 16.8 Å². The van der Waals surface area contributed by atoms with E-state index < -0.39 is 6.10 Å². The van der Waals surface area contributed by atoms with Gasteiger partial charge in [0.1, 0.15) is 12.3 Å². The van der Waals surface area contributed by atoms with Crippen LogP contribution in [0.15, 0.2) is 42.5 Å². The van der Waals surface area contributed by atoms with E-state index in [1.54, 1.807) is 6.92 Å². The zero-order valence-electron chi connectivity index (χ0n) is 14.0. The molecule has 1 N–H and O–H groups in total. The van der Waals surface area contributed by atoms with Crippen LogP contribution in [0.2, 0.25) is 0 Å². The Labute approximate surface area is 141 Å². The van der Waals surface area contributed by atoms with Gasteiger partial charge in [-0.2, -0.15) is 0 Å². The van der Waals surface area contributed by atoms with E-state index in [0.29, 0.717) is 11.4 Å². The van der Waals surface area contributed by atoms with Crippen molar-refractivity contribution in [3.63, 3.8) is 0 Å². The van der Waals surface area contributed by atoms with Gasteiger partial charge >= 0.3 is 0 Å². The highest BCUT2D eigenvalue weighted by Gasteiger charge is 2.32. The van der Waals surface area contributed by atoms with Gasteiger partial charge in [0.25, 0.3) is 5.91 Å². The van der Waals surface area contributed by atoms with E-state index >= 15 is 0 Å². The highest BCUT2D eigenvalue weighted by atomic mass is 16.5. The molecule has 1 aliphatic heterocycles. The number of hydrogen-bond acceptors (Lipinski definition) is 3. The van der Waals surface area contributed by atoms with E-state index in [9.17, 15) is 9.59 Å². The average molecular weight is 324 g/mol. The standard InChI is InChI=1S/C19H20N2O3/c1-12-8-9-17-16(10-12)21(19(23)14(3)24-17)11-18(22)20-15-7-5-4-6-13(15)2/h4-10,14H,11H2,1-3H3,(H,20,22)/t14-/m0/s1. The third-order valence-corrected chi connectivity index (χ3v) is 4.04. The maximum atomic E-state index is 12.5. The van der Waals surface area contributed by atoms with Crippen molar-refractivity contribution < 1.29 is 14.3 Å². The summed E-state index contributed by atoms with van der Waals surface area (Å²) in [6, 6.07) is 13.2. The number of para-hydroxylation sites is 1. The Hall–Kier alpha value is -2.82. The van der Waals surface area contributed by atoms with Crippen molar-refractivity contribution in [1.29, 1.82) is 0 Å². The number of amides is 2. The molecule has 3 rings (SSSR count). The van der Waals surface area contributed by atoms with Gasteiger partial charge in [-0.3, -0.25) is 14.5 Å². The molecule has 5 heteroatoms. The van der Waals surface area contributed by atoms with Gasteiger partial charge < -0.3 is 10.1 Å². The van der Waals surface area contributed by atoms with Gasteiger partial charge in [0.2, 0.25) is 5.91 Å². The van der Waals surface area contributed by atoms with E-state index in [1.165, 1.54) is 4.90 Å². The number of carbonyl (C=O) groups is 2. The number of aryl methyl sites for hydroxylation is 2. The maximum Gasteiger partial charge on any atom is 0.268 e. The second kappa shape index (κ2) is 6.35. The number of fused-ring (bicyclic) bond motifs is 1. The number of nitrogens with one attached hydrogen (secondary N) is 1. The minimum Gasteiger partial charge on any atom is -0.479 e. The van der Waals surface area contributed by atoms with E-state index in [1.807, 2.05) is 56.3 Å². The lowest BCUT2D eigenvalue weighted by atomic mass is 10.1. The van der Waals surface area contributed by atoms with Crippen molar-refractivity contribution in [3.05, 3.63) is 53.6 Å². The molecule has 1 atom stereocenters. The van der Waals surface area contributed by atoms with Crippen LogP contribution in [-0.2, 0) is 9.59 Å². The molecule has 0 spiro atoms. The molecule has 0 radical (unpaired) electrons. The summed E-state index contributed by atoms with van der Waals surface area (Å²) in [6.07, 6.45) is -0.605. The number of rotatable bonds is 3. The van der Waals surface area contributed by atoms with Crippen LogP contribution in [0, 0.1) is 13.8 Å². The Balaban J connectivity index is 1.83. The van der Waals surface area contributed by atoms with E-state index in [2.05, 4.69) is 5.32 Å². The Morgan fingerprint density at radius 1 is 1.21 bits per heavy atom. The third-order valence-electron chi connectivity index (χ3n) is 4.04. The lowest BCUT2D eigenvalue weighted by Gasteiger charge is -2.32. The topological polar surface area (TPSA) is 58.6 Å². The second-order valence-corrected chi connectivity index (χ2v) is 6.02. The summed E-state index contributed by atoms with van der Waals surface area (Å²) in [5, 5.41) is 2.86.